The summed E-state index contributed by atoms with van der Waals surface area (Å²) < 4.78 is 0. The lowest BCUT2D eigenvalue weighted by Crippen LogP contribution is -1.63. The third-order valence-electron chi connectivity index (χ3n) is 3.90. The fourth-order valence-corrected chi connectivity index (χ4v) is 2.55. The lowest BCUT2D eigenvalue weighted by molar-refractivity contribution is 0.959. The maximum Gasteiger partial charge on any atom is 0.112 e. The van der Waals surface area contributed by atoms with Crippen LogP contribution in [0.3, 0.4) is 0 Å². The molecule has 0 aliphatic heterocycles. The molecule has 0 saturated carbocycles. The molecule has 160 valence electrons. The average molecular weight is 416 g/mol. The van der Waals surface area contributed by atoms with E-state index in [1.54, 1.807) is 6.33 Å². The summed E-state index contributed by atoms with van der Waals surface area (Å²) in [5, 5.41) is 18.2. The van der Waals surface area contributed by atoms with E-state index >= 15 is 0 Å². The van der Waals surface area contributed by atoms with E-state index < -0.39 is 0 Å². The first-order valence-corrected chi connectivity index (χ1v) is 10.4. The van der Waals surface area contributed by atoms with Crippen LogP contribution >= 0.6 is 0 Å². The Hall–Kier alpha value is -4.00. The van der Waals surface area contributed by atoms with Crippen molar-refractivity contribution >= 4 is 33.0 Å². The minimum absolute atomic E-state index is 0.914. The van der Waals surface area contributed by atoms with Gasteiger partial charge in [-0.2, -0.15) is 20.5 Å². The summed E-state index contributed by atoms with van der Waals surface area (Å²) in [7, 11) is 0. The van der Waals surface area contributed by atoms with Gasteiger partial charge in [-0.15, -0.1) is 0 Å². The van der Waals surface area contributed by atoms with Gasteiger partial charge in [-0.3, -0.25) is 5.10 Å². The molecule has 0 spiro atoms. The van der Waals surface area contributed by atoms with E-state index in [1.165, 1.54) is 0 Å². The Morgan fingerprint density at radius 1 is 0.613 bits per heavy atom. The maximum atomic E-state index is 4.06. The minimum atomic E-state index is 0.914. The standard InChI is InChI=1S/2C7H6N2.C6H5N3.2C2H6/c1-2-4-7-6(3-1)8-5-9-7;1-2-4-7-6(3-1)5-8-9-7;1-2-4-6-5(3-1)7-9-8-6;2*1-2/h2*1-5H,(H,8,9);1-4H,(H,7,8,9);2*1-2H3. The van der Waals surface area contributed by atoms with Crippen molar-refractivity contribution in [3.63, 3.8) is 0 Å². The van der Waals surface area contributed by atoms with Gasteiger partial charge in [0, 0.05) is 5.39 Å². The van der Waals surface area contributed by atoms with Gasteiger partial charge in [0.2, 0.25) is 0 Å². The lowest BCUT2D eigenvalue weighted by Gasteiger charge is -1.81. The van der Waals surface area contributed by atoms with Crippen molar-refractivity contribution in [3.8, 4) is 0 Å². The molecule has 7 nitrogen and oxygen atoms in total. The summed E-state index contributed by atoms with van der Waals surface area (Å²) in [5.74, 6) is 0. The number of imidazole rings is 1. The molecule has 0 saturated heterocycles. The molecular formula is C24H29N7. The van der Waals surface area contributed by atoms with Crippen LogP contribution in [-0.2, 0) is 0 Å². The van der Waals surface area contributed by atoms with Gasteiger partial charge in [-0.25, -0.2) is 4.98 Å². The van der Waals surface area contributed by atoms with Gasteiger partial charge in [0.15, 0.2) is 0 Å². The summed E-state index contributed by atoms with van der Waals surface area (Å²) in [6.45, 7) is 8.00. The molecule has 0 radical (unpaired) electrons. The van der Waals surface area contributed by atoms with Gasteiger partial charge in [-0.05, 0) is 30.3 Å². The largest absolute Gasteiger partial charge is 0.345 e. The molecule has 0 amide bonds. The second-order valence-corrected chi connectivity index (χ2v) is 5.69. The van der Waals surface area contributed by atoms with E-state index in [9.17, 15) is 0 Å². The number of nitrogens with one attached hydrogen (secondary N) is 3. The number of rotatable bonds is 0. The quantitative estimate of drug-likeness (QED) is 0.278. The Morgan fingerprint density at radius 3 is 1.77 bits per heavy atom. The molecule has 7 heteroatoms. The van der Waals surface area contributed by atoms with Gasteiger partial charge in [0.25, 0.3) is 0 Å². The minimum Gasteiger partial charge on any atom is -0.345 e. The predicted octanol–water partition coefficient (Wildman–Crippen LogP) is 6.14. The lowest BCUT2D eigenvalue weighted by atomic mass is 10.3. The van der Waals surface area contributed by atoms with Crippen LogP contribution in [0, 0.1) is 0 Å². The molecule has 6 aromatic rings. The molecule has 3 N–H and O–H groups in total. The van der Waals surface area contributed by atoms with E-state index in [2.05, 4.69) is 35.6 Å². The molecule has 6 rings (SSSR count). The van der Waals surface area contributed by atoms with Crippen LogP contribution in [0.25, 0.3) is 33.0 Å². The summed E-state index contributed by atoms with van der Waals surface area (Å²) in [5.41, 5.74) is 5.04. The Balaban J connectivity index is 0.000000153. The molecule has 3 aromatic heterocycles. The topological polar surface area (TPSA) is 98.9 Å². The number of benzene rings is 3. The van der Waals surface area contributed by atoms with Crippen LogP contribution in [0.1, 0.15) is 27.7 Å². The van der Waals surface area contributed by atoms with Crippen molar-refractivity contribution in [2.45, 2.75) is 27.7 Å². The van der Waals surface area contributed by atoms with Crippen molar-refractivity contribution in [3.05, 3.63) is 85.3 Å². The molecular weight excluding hydrogens is 386 g/mol. The molecule has 0 aliphatic rings. The molecule has 3 heterocycles. The van der Waals surface area contributed by atoms with Crippen molar-refractivity contribution < 1.29 is 0 Å². The Kier molecular flexibility index (Phi) is 9.96. The van der Waals surface area contributed by atoms with Crippen LogP contribution in [0.4, 0.5) is 0 Å². The molecule has 31 heavy (non-hydrogen) atoms. The van der Waals surface area contributed by atoms with E-state index in [0.29, 0.717) is 0 Å². The zero-order valence-corrected chi connectivity index (χ0v) is 18.4. The number of hydrogen-bond donors (Lipinski definition) is 3. The van der Waals surface area contributed by atoms with E-state index in [4.69, 9.17) is 0 Å². The van der Waals surface area contributed by atoms with Crippen molar-refractivity contribution in [2.24, 2.45) is 0 Å². The molecule has 0 bridgehead atoms. The molecule has 0 unspecified atom stereocenters. The summed E-state index contributed by atoms with van der Waals surface area (Å²) in [6, 6.07) is 23.7. The van der Waals surface area contributed by atoms with Crippen LogP contribution in [-0.4, -0.2) is 35.6 Å². The van der Waals surface area contributed by atoms with Crippen molar-refractivity contribution in [1.29, 1.82) is 0 Å². The van der Waals surface area contributed by atoms with Crippen LogP contribution in [0.5, 0.6) is 0 Å². The zero-order chi connectivity index (χ0) is 22.3. The first-order valence-electron chi connectivity index (χ1n) is 10.4. The van der Waals surface area contributed by atoms with Crippen LogP contribution in [0.15, 0.2) is 85.3 Å². The Morgan fingerprint density at radius 2 is 1.16 bits per heavy atom. The van der Waals surface area contributed by atoms with Crippen LogP contribution < -0.4 is 0 Å². The van der Waals surface area contributed by atoms with Gasteiger partial charge >= 0.3 is 0 Å². The van der Waals surface area contributed by atoms with Crippen molar-refractivity contribution in [1.82, 2.24) is 35.6 Å². The van der Waals surface area contributed by atoms with Gasteiger partial charge in [0.05, 0.1) is 29.1 Å². The van der Waals surface area contributed by atoms with Gasteiger partial charge in [0.1, 0.15) is 11.0 Å². The fraction of sp³-hybridized carbons (Fsp3) is 0.167. The number of aromatic nitrogens is 7. The second kappa shape index (κ2) is 13.3. The third-order valence-corrected chi connectivity index (χ3v) is 3.90. The number of H-pyrrole nitrogens is 3. The first-order chi connectivity index (χ1) is 15.4. The zero-order valence-electron chi connectivity index (χ0n) is 18.4. The number of aromatic amines is 3. The highest BCUT2D eigenvalue weighted by atomic mass is 15.3. The summed E-state index contributed by atoms with van der Waals surface area (Å²) in [6.07, 6.45) is 3.51. The fourth-order valence-electron chi connectivity index (χ4n) is 2.55. The number of hydrogen-bond acceptors (Lipinski definition) is 4. The highest BCUT2D eigenvalue weighted by Crippen LogP contribution is 2.07. The number of fused-ring (bicyclic) bond motifs is 3. The maximum absolute atomic E-state index is 4.06. The highest BCUT2D eigenvalue weighted by molar-refractivity contribution is 5.77. The summed E-state index contributed by atoms with van der Waals surface area (Å²) >= 11 is 0. The second-order valence-electron chi connectivity index (χ2n) is 5.69. The van der Waals surface area contributed by atoms with Crippen LogP contribution in [0.2, 0.25) is 0 Å². The smallest absolute Gasteiger partial charge is 0.112 e. The van der Waals surface area contributed by atoms with E-state index in [-0.39, 0.29) is 0 Å². The SMILES string of the molecule is CC.CC.c1ccc2[nH]cnc2c1.c1ccc2[nH]ncc2c1.c1ccc2n[nH]nc2c1. The average Bonchev–Trinajstić information content (AvgIpc) is 3.63. The van der Waals surface area contributed by atoms with Gasteiger partial charge < -0.3 is 4.98 Å². The normalized spacial score (nSPS) is 9.29. The monoisotopic (exact) mass is 415 g/mol. The van der Waals surface area contributed by atoms with E-state index in [1.807, 2.05) is 107 Å². The summed E-state index contributed by atoms with van der Waals surface area (Å²) in [4.78, 5) is 7.07. The van der Waals surface area contributed by atoms with Crippen molar-refractivity contribution in [2.75, 3.05) is 0 Å². The number of para-hydroxylation sites is 5. The first kappa shape index (κ1) is 23.3. The third kappa shape index (κ3) is 6.78. The predicted molar refractivity (Wildman–Crippen MR) is 129 cm³/mol. The number of nitrogens with zero attached hydrogens (tertiary/aromatic N) is 4. The molecule has 0 aliphatic carbocycles. The Bertz CT molecular complexity index is 1000. The Labute approximate surface area is 181 Å². The highest BCUT2D eigenvalue weighted by Gasteiger charge is 1.91. The molecule has 0 atom stereocenters. The van der Waals surface area contributed by atoms with Gasteiger partial charge in [-0.1, -0.05) is 70.2 Å². The molecule has 3 aromatic carbocycles. The van der Waals surface area contributed by atoms with E-state index in [0.717, 1.165) is 33.0 Å². The molecule has 0 fully saturated rings.